The Kier molecular flexibility index (Phi) is 5.78. The molecule has 2 aromatic carbocycles. The number of Topliss-reactive ketones (excluding diaryl/α,β-unsaturated/α-hetero) is 1. The van der Waals surface area contributed by atoms with Crippen molar-refractivity contribution < 1.29 is 18.3 Å². The fraction of sp³-hybridized carbons (Fsp3) is 0.231. The number of carbonyl (C=O) groups excluding carboxylic acids is 1. The molecule has 164 valence electrons. The van der Waals surface area contributed by atoms with E-state index in [1.54, 1.807) is 29.7 Å². The number of ketones is 1. The highest BCUT2D eigenvalue weighted by atomic mass is 19.1. The summed E-state index contributed by atoms with van der Waals surface area (Å²) in [6.07, 6.45) is 2.05. The van der Waals surface area contributed by atoms with Gasteiger partial charge in [0, 0.05) is 12.6 Å². The molecule has 2 aromatic heterocycles. The van der Waals surface area contributed by atoms with Crippen LogP contribution in [0, 0.1) is 18.6 Å². The van der Waals surface area contributed by atoms with E-state index in [0.29, 0.717) is 29.2 Å². The number of rotatable bonds is 7. The predicted molar refractivity (Wildman–Crippen MR) is 119 cm³/mol. The molecule has 0 atom stereocenters. The van der Waals surface area contributed by atoms with Crippen molar-refractivity contribution in [3.63, 3.8) is 0 Å². The number of aromatic nitrogens is 2. The lowest BCUT2D eigenvalue weighted by Crippen LogP contribution is -2.23. The summed E-state index contributed by atoms with van der Waals surface area (Å²) in [5.41, 5.74) is 2.06. The summed E-state index contributed by atoms with van der Waals surface area (Å²) in [7, 11) is 0. The molecule has 0 saturated heterocycles. The van der Waals surface area contributed by atoms with Crippen LogP contribution in [-0.4, -0.2) is 15.2 Å². The minimum Gasteiger partial charge on any atom is -0.485 e. The van der Waals surface area contributed by atoms with Gasteiger partial charge in [-0.25, -0.2) is 13.8 Å². The van der Waals surface area contributed by atoms with E-state index in [0.717, 1.165) is 5.56 Å². The molecule has 4 aromatic rings. The van der Waals surface area contributed by atoms with Gasteiger partial charge >= 0.3 is 0 Å². The lowest BCUT2D eigenvalue weighted by molar-refractivity contribution is 0.0951. The van der Waals surface area contributed by atoms with E-state index in [-0.39, 0.29) is 23.4 Å². The zero-order valence-electron chi connectivity index (χ0n) is 18.2. The number of aryl methyl sites for hydroxylation is 1. The van der Waals surface area contributed by atoms with Gasteiger partial charge in [-0.05, 0) is 42.2 Å². The third-order valence-corrected chi connectivity index (χ3v) is 5.64. The second kappa shape index (κ2) is 8.54. The van der Waals surface area contributed by atoms with Gasteiger partial charge in [-0.15, -0.1) is 0 Å². The number of hydrogen-bond acceptors (Lipinski definition) is 3. The lowest BCUT2D eigenvalue weighted by atomic mass is 9.79. The summed E-state index contributed by atoms with van der Waals surface area (Å²) in [4.78, 5) is 17.8. The van der Waals surface area contributed by atoms with E-state index in [2.05, 4.69) is 4.98 Å². The maximum Gasteiger partial charge on any atom is 0.182 e. The minimum absolute atomic E-state index is 0.0406. The van der Waals surface area contributed by atoms with Crippen molar-refractivity contribution in [2.45, 2.75) is 39.2 Å². The van der Waals surface area contributed by atoms with Gasteiger partial charge in [0.1, 0.15) is 23.9 Å². The van der Waals surface area contributed by atoms with Crippen molar-refractivity contribution >= 4 is 11.4 Å². The van der Waals surface area contributed by atoms with Crippen LogP contribution >= 0.6 is 0 Å². The summed E-state index contributed by atoms with van der Waals surface area (Å²) < 4.78 is 35.3. The van der Waals surface area contributed by atoms with Crippen LogP contribution in [-0.2, 0) is 12.0 Å². The monoisotopic (exact) mass is 434 g/mol. The molecule has 0 aliphatic rings. The highest BCUT2D eigenvalue weighted by Crippen LogP contribution is 2.30. The normalized spacial score (nSPS) is 11.7. The molecule has 0 spiro atoms. The first-order valence-electron chi connectivity index (χ1n) is 10.4. The van der Waals surface area contributed by atoms with Crippen LogP contribution in [0.4, 0.5) is 8.78 Å². The molecule has 0 bridgehead atoms. The van der Waals surface area contributed by atoms with Crippen LogP contribution in [0.3, 0.4) is 0 Å². The van der Waals surface area contributed by atoms with Gasteiger partial charge in [0.05, 0.1) is 11.3 Å². The zero-order valence-corrected chi connectivity index (χ0v) is 18.2. The van der Waals surface area contributed by atoms with E-state index in [1.807, 2.05) is 44.2 Å². The van der Waals surface area contributed by atoms with Gasteiger partial charge in [-0.1, -0.05) is 50.2 Å². The first-order valence-corrected chi connectivity index (χ1v) is 10.4. The maximum atomic E-state index is 14.0. The molecule has 6 heteroatoms. The SMILES string of the molecule is Cc1nc2c(OCc3c(F)cccc3F)cccn2c1C(=O)CC(C)(C)c1ccccc1. The van der Waals surface area contributed by atoms with E-state index in [1.165, 1.54) is 18.2 Å². The number of benzene rings is 2. The Labute approximate surface area is 185 Å². The third kappa shape index (κ3) is 4.13. The largest absolute Gasteiger partial charge is 0.485 e. The van der Waals surface area contributed by atoms with Gasteiger partial charge in [0.2, 0.25) is 0 Å². The molecule has 0 N–H and O–H groups in total. The standard InChI is InChI=1S/C26H24F2N2O2/c1-17-24(22(31)15-26(2,3)18-9-5-4-6-10-18)30-14-8-13-23(25(30)29-17)32-16-19-20(27)11-7-12-21(19)28/h4-14H,15-16H2,1-3H3. The van der Waals surface area contributed by atoms with E-state index in [9.17, 15) is 13.6 Å². The number of ether oxygens (including phenoxy) is 1. The molecular weight excluding hydrogens is 410 g/mol. The molecule has 32 heavy (non-hydrogen) atoms. The summed E-state index contributed by atoms with van der Waals surface area (Å²) >= 11 is 0. The third-order valence-electron chi connectivity index (χ3n) is 5.64. The van der Waals surface area contributed by atoms with Crippen LogP contribution in [0.1, 0.15) is 47.6 Å². The molecule has 0 aliphatic heterocycles. The van der Waals surface area contributed by atoms with Gasteiger partial charge < -0.3 is 4.74 Å². The number of imidazole rings is 1. The minimum atomic E-state index is -0.671. The molecule has 4 nitrogen and oxygen atoms in total. The first-order chi connectivity index (χ1) is 15.3. The van der Waals surface area contributed by atoms with Crippen molar-refractivity contribution in [1.29, 1.82) is 0 Å². The molecule has 0 unspecified atom stereocenters. The summed E-state index contributed by atoms with van der Waals surface area (Å²) in [5.74, 6) is -1.04. The molecule has 0 amide bonds. The summed E-state index contributed by atoms with van der Waals surface area (Å²) in [6.45, 7) is 5.57. The average molecular weight is 434 g/mol. The highest BCUT2D eigenvalue weighted by molar-refractivity contribution is 5.97. The van der Waals surface area contributed by atoms with Crippen LogP contribution in [0.25, 0.3) is 5.65 Å². The average Bonchev–Trinajstić information content (AvgIpc) is 3.10. The van der Waals surface area contributed by atoms with E-state index < -0.39 is 11.6 Å². The first kappa shape index (κ1) is 21.7. The number of nitrogens with zero attached hydrogens (tertiary/aromatic N) is 2. The molecule has 2 heterocycles. The predicted octanol–water partition coefficient (Wildman–Crippen LogP) is 6.05. The van der Waals surface area contributed by atoms with Crippen molar-refractivity contribution in [3.8, 4) is 5.75 Å². The number of pyridine rings is 1. The van der Waals surface area contributed by atoms with Crippen molar-refractivity contribution in [2.75, 3.05) is 0 Å². The van der Waals surface area contributed by atoms with Gasteiger partial charge in [-0.3, -0.25) is 9.20 Å². The second-order valence-corrected chi connectivity index (χ2v) is 8.45. The smallest absolute Gasteiger partial charge is 0.182 e. The van der Waals surface area contributed by atoms with Crippen LogP contribution in [0.5, 0.6) is 5.75 Å². The number of halogens is 2. The van der Waals surface area contributed by atoms with Crippen LogP contribution in [0.2, 0.25) is 0 Å². The van der Waals surface area contributed by atoms with Crippen LogP contribution < -0.4 is 4.74 Å². The zero-order chi connectivity index (χ0) is 22.9. The van der Waals surface area contributed by atoms with Gasteiger partial charge in [-0.2, -0.15) is 0 Å². The van der Waals surface area contributed by atoms with Crippen LogP contribution in [0.15, 0.2) is 66.9 Å². The number of fused-ring (bicyclic) bond motifs is 1. The summed E-state index contributed by atoms with van der Waals surface area (Å²) in [5, 5.41) is 0. The Morgan fingerprint density at radius 2 is 1.69 bits per heavy atom. The Morgan fingerprint density at radius 3 is 2.38 bits per heavy atom. The highest BCUT2D eigenvalue weighted by Gasteiger charge is 2.28. The van der Waals surface area contributed by atoms with E-state index in [4.69, 9.17) is 4.74 Å². The Morgan fingerprint density at radius 1 is 1.00 bits per heavy atom. The Bertz CT molecular complexity index is 1260. The van der Waals surface area contributed by atoms with Crippen molar-refractivity contribution in [2.24, 2.45) is 0 Å². The molecular formula is C26H24F2N2O2. The van der Waals surface area contributed by atoms with E-state index >= 15 is 0 Å². The molecule has 0 aliphatic carbocycles. The van der Waals surface area contributed by atoms with Crippen molar-refractivity contribution in [1.82, 2.24) is 9.38 Å². The lowest BCUT2D eigenvalue weighted by Gasteiger charge is -2.24. The second-order valence-electron chi connectivity index (χ2n) is 8.45. The fourth-order valence-electron chi connectivity index (χ4n) is 3.90. The van der Waals surface area contributed by atoms with Gasteiger partial charge in [0.25, 0.3) is 0 Å². The quantitative estimate of drug-likeness (QED) is 0.333. The molecule has 0 fully saturated rings. The molecule has 4 rings (SSSR count). The number of hydrogen-bond donors (Lipinski definition) is 0. The van der Waals surface area contributed by atoms with Crippen molar-refractivity contribution in [3.05, 3.63) is 101 Å². The topological polar surface area (TPSA) is 43.6 Å². The summed E-state index contributed by atoms with van der Waals surface area (Å²) in [6, 6.07) is 17.0. The van der Waals surface area contributed by atoms with Gasteiger partial charge in [0.15, 0.2) is 17.2 Å². The Balaban J connectivity index is 1.63. The fourth-order valence-corrected chi connectivity index (χ4v) is 3.90. The Hall–Kier alpha value is -3.54. The number of carbonyl (C=O) groups is 1. The maximum absolute atomic E-state index is 14.0. The molecule has 0 radical (unpaired) electrons. The molecule has 0 saturated carbocycles.